The summed E-state index contributed by atoms with van der Waals surface area (Å²) in [6.45, 7) is 26.1. The fraction of sp³-hybridized carbons (Fsp3) is 0.441. The lowest BCUT2D eigenvalue weighted by molar-refractivity contribution is -0.120. The van der Waals surface area contributed by atoms with Gasteiger partial charge in [0.15, 0.2) is 11.6 Å². The number of aliphatic imine (C=N–C) groups is 1. The third-order valence-corrected chi connectivity index (χ3v) is 7.34. The van der Waals surface area contributed by atoms with Crippen LogP contribution in [0, 0.1) is 11.8 Å². The molecule has 2 aliphatic heterocycles. The first kappa shape index (κ1) is 36.1. The molecule has 2 saturated heterocycles. The van der Waals surface area contributed by atoms with E-state index in [1.165, 1.54) is 24.0 Å². The molecule has 0 bridgehead atoms. The molecule has 0 saturated carbocycles. The topological polar surface area (TPSA) is 95.2 Å². The molecule has 228 valence electrons. The molecule has 2 N–H and O–H groups in total. The van der Waals surface area contributed by atoms with Gasteiger partial charge in [0, 0.05) is 65.4 Å². The number of piperidine rings is 1. The minimum Gasteiger partial charge on any atom is -0.504 e. The maximum atomic E-state index is 12.3. The van der Waals surface area contributed by atoms with Crippen LogP contribution in [0.1, 0.15) is 33.1 Å². The van der Waals surface area contributed by atoms with Crippen molar-refractivity contribution in [2.24, 2.45) is 4.99 Å². The van der Waals surface area contributed by atoms with Crippen molar-refractivity contribution >= 4 is 11.7 Å². The van der Waals surface area contributed by atoms with Crippen LogP contribution >= 0.6 is 0 Å². The Balaban J connectivity index is 0.00000431. The maximum Gasteiger partial charge on any atom is 0.224 e. The number of amidine groups is 1. The Morgan fingerprint density at radius 2 is 1.67 bits per heavy atom. The summed E-state index contributed by atoms with van der Waals surface area (Å²) in [6.07, 6.45) is 19.1. The monoisotopic (exact) mass is 574 g/mol. The van der Waals surface area contributed by atoms with Gasteiger partial charge in [-0.25, -0.2) is 5.26 Å². The summed E-state index contributed by atoms with van der Waals surface area (Å²) >= 11 is 0. The van der Waals surface area contributed by atoms with Gasteiger partial charge < -0.3 is 15.3 Å². The number of hydrogen-bond acceptors (Lipinski definition) is 6. The molecule has 2 heterocycles. The molecule has 1 amide bonds. The van der Waals surface area contributed by atoms with E-state index in [0.717, 1.165) is 51.4 Å². The molecule has 8 heteroatoms. The van der Waals surface area contributed by atoms with Gasteiger partial charge in [-0.05, 0) is 51.4 Å². The summed E-state index contributed by atoms with van der Waals surface area (Å²) < 4.78 is 0. The fourth-order valence-corrected chi connectivity index (χ4v) is 4.92. The van der Waals surface area contributed by atoms with Crippen LogP contribution in [0.2, 0.25) is 0 Å². The van der Waals surface area contributed by atoms with Crippen molar-refractivity contribution in [3.05, 3.63) is 96.9 Å². The number of piperazine rings is 1. The Morgan fingerprint density at radius 1 is 1.00 bits per heavy atom. The van der Waals surface area contributed by atoms with Crippen molar-refractivity contribution in [2.75, 3.05) is 59.4 Å². The Kier molecular flexibility index (Phi) is 17.9. The van der Waals surface area contributed by atoms with Crippen molar-refractivity contribution < 1.29 is 9.90 Å². The Bertz CT molecular complexity index is 1090. The number of amides is 1. The van der Waals surface area contributed by atoms with Crippen LogP contribution in [0.3, 0.4) is 0 Å². The Hall–Kier alpha value is -3.93. The number of aliphatic hydroxyl groups is 1. The van der Waals surface area contributed by atoms with Crippen LogP contribution in [0.25, 0.3) is 0 Å². The Labute approximate surface area is 253 Å². The van der Waals surface area contributed by atoms with Crippen molar-refractivity contribution in [1.29, 1.82) is 5.26 Å². The number of carbonyl (C=O) groups excluding carboxylic acids is 1. The van der Waals surface area contributed by atoms with Gasteiger partial charge >= 0.3 is 0 Å². The van der Waals surface area contributed by atoms with Gasteiger partial charge in [-0.15, -0.1) is 0 Å². The summed E-state index contributed by atoms with van der Waals surface area (Å²) in [5.74, 6) is 0.425. The van der Waals surface area contributed by atoms with E-state index in [0.29, 0.717) is 18.4 Å². The fourth-order valence-electron chi connectivity index (χ4n) is 4.92. The third kappa shape index (κ3) is 13.2. The summed E-state index contributed by atoms with van der Waals surface area (Å²) in [5.41, 5.74) is 3.44. The van der Waals surface area contributed by atoms with E-state index in [-0.39, 0.29) is 18.1 Å². The molecule has 0 radical (unpaired) electrons. The molecule has 0 aromatic rings. The third-order valence-electron chi connectivity index (χ3n) is 7.34. The van der Waals surface area contributed by atoms with E-state index >= 15 is 0 Å². The zero-order valence-corrected chi connectivity index (χ0v) is 25.8. The maximum absolute atomic E-state index is 12.3. The summed E-state index contributed by atoms with van der Waals surface area (Å²) in [7, 11) is 1.68. The normalized spacial score (nSPS) is 18.8. The molecule has 0 unspecified atom stereocenters. The van der Waals surface area contributed by atoms with E-state index < -0.39 is 0 Å². The van der Waals surface area contributed by atoms with Crippen molar-refractivity contribution in [1.82, 2.24) is 20.0 Å². The van der Waals surface area contributed by atoms with Gasteiger partial charge in [0.25, 0.3) is 0 Å². The number of allylic oxidation sites excluding steroid dienone is 8. The second kappa shape index (κ2) is 20.9. The molecular formula is C34H50N6O2. The first-order chi connectivity index (χ1) is 20.3. The zero-order valence-electron chi connectivity index (χ0n) is 25.8. The number of hydrogen-bond donors (Lipinski definition) is 2. The molecular weight excluding hydrogens is 524 g/mol. The van der Waals surface area contributed by atoms with Crippen LogP contribution in [0.5, 0.6) is 0 Å². The van der Waals surface area contributed by atoms with E-state index in [1.54, 1.807) is 25.3 Å². The molecule has 0 aromatic heterocycles. The van der Waals surface area contributed by atoms with E-state index in [1.807, 2.05) is 24.3 Å². The van der Waals surface area contributed by atoms with Crippen LogP contribution in [0.15, 0.2) is 102 Å². The van der Waals surface area contributed by atoms with Crippen LogP contribution < -0.4 is 5.32 Å². The number of rotatable bonds is 13. The molecule has 0 atom stereocenters. The van der Waals surface area contributed by atoms with Gasteiger partial charge in [-0.1, -0.05) is 79.5 Å². The SMILES string of the molecule is C#N.C=C/C=C\C=C(/C=C)CNC(=O)C/C=C(/O)C(=NC)N1CCN(C2CCN(C/C(C)=C/C=C(/C)C=C)CC2)CC1. The number of nitrogens with zero attached hydrogens (tertiary/aromatic N) is 5. The largest absolute Gasteiger partial charge is 0.504 e. The average Bonchev–Trinajstić information content (AvgIpc) is 3.02. The minimum absolute atomic E-state index is 0.0503. The zero-order chi connectivity index (χ0) is 31.3. The van der Waals surface area contributed by atoms with Gasteiger partial charge in [0.2, 0.25) is 5.91 Å². The van der Waals surface area contributed by atoms with Crippen LogP contribution in [0.4, 0.5) is 0 Å². The highest BCUT2D eigenvalue weighted by molar-refractivity contribution is 5.96. The van der Waals surface area contributed by atoms with Crippen molar-refractivity contribution in [2.45, 2.75) is 39.2 Å². The molecule has 0 aromatic carbocycles. The predicted octanol–water partition coefficient (Wildman–Crippen LogP) is 5.12. The first-order valence-corrected chi connectivity index (χ1v) is 14.5. The predicted molar refractivity (Wildman–Crippen MR) is 176 cm³/mol. The lowest BCUT2D eigenvalue weighted by atomic mass is 10.0. The van der Waals surface area contributed by atoms with Crippen LogP contribution in [-0.2, 0) is 4.79 Å². The first-order valence-electron chi connectivity index (χ1n) is 14.5. The number of carbonyl (C=O) groups is 1. The van der Waals surface area contributed by atoms with Crippen LogP contribution in [-0.4, -0.2) is 97.0 Å². The highest BCUT2D eigenvalue weighted by Crippen LogP contribution is 2.20. The number of nitriles is 1. The summed E-state index contributed by atoms with van der Waals surface area (Å²) in [6, 6.07) is 0.599. The number of likely N-dealkylation sites (tertiary alicyclic amines) is 1. The van der Waals surface area contributed by atoms with E-state index in [4.69, 9.17) is 5.26 Å². The quantitative estimate of drug-likeness (QED) is 0.137. The van der Waals surface area contributed by atoms with E-state index in [9.17, 15) is 9.90 Å². The summed E-state index contributed by atoms with van der Waals surface area (Å²) in [4.78, 5) is 23.9. The smallest absolute Gasteiger partial charge is 0.224 e. The second-order valence-corrected chi connectivity index (χ2v) is 10.3. The van der Waals surface area contributed by atoms with Crippen molar-refractivity contribution in [3.63, 3.8) is 0 Å². The molecule has 2 rings (SSSR count). The molecule has 42 heavy (non-hydrogen) atoms. The number of nitrogens with one attached hydrogen (secondary N) is 1. The van der Waals surface area contributed by atoms with E-state index in [2.05, 4.69) is 77.3 Å². The van der Waals surface area contributed by atoms with Gasteiger partial charge in [0.05, 0.1) is 0 Å². The molecule has 2 fully saturated rings. The van der Waals surface area contributed by atoms with Gasteiger partial charge in [-0.2, -0.15) is 0 Å². The highest BCUT2D eigenvalue weighted by Gasteiger charge is 2.29. The van der Waals surface area contributed by atoms with Crippen molar-refractivity contribution in [3.8, 4) is 6.57 Å². The molecule has 2 aliphatic rings. The average molecular weight is 575 g/mol. The standard InChI is InChI=1S/C33H49N5O2.CHN/c1-7-10-11-12-29(9-3)25-35-32(40)16-15-31(39)33(34-6)38-23-21-37(22-24-38)30-17-19-36(20-18-30)26-28(5)14-13-27(4)8-2;1-2/h7-15,30,39H,1-3,16-26H2,4-6H3,(H,35,40);1H/b11-10-,27-13-,28-14+,29-12+,31-15+,34-33?;. The molecule has 8 nitrogen and oxygen atoms in total. The second-order valence-electron chi connectivity index (χ2n) is 10.3. The lowest BCUT2D eigenvalue weighted by Crippen LogP contribution is -2.54. The number of aliphatic hydroxyl groups excluding tert-OH is 1. The summed E-state index contributed by atoms with van der Waals surface area (Å²) in [5, 5.41) is 20.1. The Morgan fingerprint density at radius 3 is 2.24 bits per heavy atom. The van der Waals surface area contributed by atoms with Gasteiger partial charge in [0.1, 0.15) is 0 Å². The molecule has 0 spiro atoms. The molecule has 0 aliphatic carbocycles. The minimum atomic E-state index is -0.173. The highest BCUT2D eigenvalue weighted by atomic mass is 16.3. The van der Waals surface area contributed by atoms with Gasteiger partial charge in [-0.3, -0.25) is 19.6 Å². The lowest BCUT2D eigenvalue weighted by Gasteiger charge is -2.43.